The third-order valence-electron chi connectivity index (χ3n) is 5.17. The van der Waals surface area contributed by atoms with Crippen molar-refractivity contribution in [3.63, 3.8) is 0 Å². The molecule has 0 saturated carbocycles. The molecule has 0 spiro atoms. The molecule has 2 aromatic rings. The molecule has 0 saturated heterocycles. The number of nitrogens with one attached hydrogen (secondary N) is 1. The fourth-order valence-electron chi connectivity index (χ4n) is 4.05. The number of hydrogen-bond donors (Lipinski definition) is 1. The van der Waals surface area contributed by atoms with Crippen LogP contribution in [0.15, 0.2) is 57.4 Å². The Morgan fingerprint density at radius 2 is 2.15 bits per heavy atom. The summed E-state index contributed by atoms with van der Waals surface area (Å²) in [6.07, 6.45) is 2.63. The van der Waals surface area contributed by atoms with Crippen LogP contribution in [0.3, 0.4) is 0 Å². The predicted molar refractivity (Wildman–Crippen MR) is 108 cm³/mol. The van der Waals surface area contributed by atoms with Gasteiger partial charge in [0, 0.05) is 34.5 Å². The van der Waals surface area contributed by atoms with Gasteiger partial charge in [-0.25, -0.2) is 4.79 Å². The molecule has 0 radical (unpaired) electrons. The second-order valence-corrected chi connectivity index (χ2v) is 8.57. The number of carbonyl (C=O) groups excluding carboxylic acids is 2. The highest BCUT2D eigenvalue weighted by Crippen LogP contribution is 2.46. The van der Waals surface area contributed by atoms with Gasteiger partial charge in [-0.2, -0.15) is 11.3 Å². The van der Waals surface area contributed by atoms with Crippen molar-refractivity contribution in [2.45, 2.75) is 32.1 Å². The topological polar surface area (TPSA) is 55.4 Å². The van der Waals surface area contributed by atoms with E-state index in [4.69, 9.17) is 4.74 Å². The van der Waals surface area contributed by atoms with Gasteiger partial charge in [-0.15, -0.1) is 11.3 Å². The predicted octanol–water partition coefficient (Wildman–Crippen LogP) is 4.59. The summed E-state index contributed by atoms with van der Waals surface area (Å²) in [7, 11) is 0. The first-order valence-corrected chi connectivity index (χ1v) is 10.9. The molecule has 3 atom stereocenters. The van der Waals surface area contributed by atoms with E-state index < -0.39 is 0 Å². The molecule has 2 aliphatic rings. The van der Waals surface area contributed by atoms with Gasteiger partial charge >= 0.3 is 5.97 Å². The summed E-state index contributed by atoms with van der Waals surface area (Å²) in [6, 6.07) is 6.09. The zero-order valence-electron chi connectivity index (χ0n) is 15.2. The Balaban J connectivity index is 1.81. The van der Waals surface area contributed by atoms with Crippen LogP contribution in [0, 0.1) is 5.92 Å². The molecule has 3 unspecified atom stereocenters. The third kappa shape index (κ3) is 3.28. The van der Waals surface area contributed by atoms with E-state index in [-0.39, 0.29) is 29.5 Å². The van der Waals surface area contributed by atoms with Crippen LogP contribution >= 0.6 is 22.7 Å². The van der Waals surface area contributed by atoms with Crippen LogP contribution in [0.4, 0.5) is 0 Å². The molecule has 0 bridgehead atoms. The molecule has 140 valence electrons. The number of ketones is 1. The number of ether oxygens (including phenoxy) is 1. The standard InChI is InChI=1S/C21H21NO3S2/c1-3-25-21(24)18-12(2)22-15-9-14(17-5-4-7-27-17)10-16(23)20(15)19(18)13-6-8-26-11-13/h4-9,11,14,19-20,22H,3,10H2,1-2H3. The van der Waals surface area contributed by atoms with E-state index in [2.05, 4.69) is 17.5 Å². The highest BCUT2D eigenvalue weighted by atomic mass is 32.1. The second-order valence-electron chi connectivity index (χ2n) is 6.81. The molecule has 0 fully saturated rings. The summed E-state index contributed by atoms with van der Waals surface area (Å²) in [5.74, 6) is -0.732. The maximum absolute atomic E-state index is 13.2. The lowest BCUT2D eigenvalue weighted by atomic mass is 9.70. The van der Waals surface area contributed by atoms with E-state index in [1.54, 1.807) is 29.6 Å². The lowest BCUT2D eigenvalue weighted by Crippen LogP contribution is -2.41. The normalized spacial score (nSPS) is 24.9. The fraction of sp³-hybridized carbons (Fsp3) is 0.333. The number of carbonyl (C=O) groups is 2. The van der Waals surface area contributed by atoms with Crippen LogP contribution in [0.2, 0.25) is 0 Å². The Bertz CT molecular complexity index is 909. The number of thiophene rings is 2. The van der Waals surface area contributed by atoms with Crippen LogP contribution in [-0.4, -0.2) is 18.4 Å². The number of hydrogen-bond acceptors (Lipinski definition) is 6. The Labute approximate surface area is 166 Å². The average Bonchev–Trinajstić information content (AvgIpc) is 3.34. The van der Waals surface area contributed by atoms with E-state index in [1.807, 2.05) is 35.2 Å². The minimum Gasteiger partial charge on any atom is -0.463 e. The quantitative estimate of drug-likeness (QED) is 0.764. The molecular formula is C21H21NO3S2. The molecule has 4 nitrogen and oxygen atoms in total. The molecule has 0 amide bonds. The van der Waals surface area contributed by atoms with Crippen molar-refractivity contribution < 1.29 is 14.3 Å². The number of Topliss-reactive ketones (excluding diaryl/α,β-unsaturated/α-hetero) is 1. The van der Waals surface area contributed by atoms with Crippen LogP contribution in [0.1, 0.15) is 42.5 Å². The van der Waals surface area contributed by atoms with E-state index in [1.165, 1.54) is 4.88 Å². The van der Waals surface area contributed by atoms with Gasteiger partial charge < -0.3 is 10.1 Å². The number of allylic oxidation sites excluding steroid dienone is 3. The number of fused-ring (bicyclic) bond motifs is 1. The first kappa shape index (κ1) is 18.2. The van der Waals surface area contributed by atoms with E-state index in [0.29, 0.717) is 18.6 Å². The summed E-state index contributed by atoms with van der Waals surface area (Å²) in [4.78, 5) is 27.1. The Morgan fingerprint density at radius 3 is 2.81 bits per heavy atom. The van der Waals surface area contributed by atoms with Crippen molar-refractivity contribution in [3.8, 4) is 0 Å². The largest absolute Gasteiger partial charge is 0.463 e. The second kappa shape index (κ2) is 7.44. The van der Waals surface area contributed by atoms with Gasteiger partial charge in [0.1, 0.15) is 5.78 Å². The van der Waals surface area contributed by atoms with Crippen molar-refractivity contribution in [1.82, 2.24) is 5.32 Å². The monoisotopic (exact) mass is 399 g/mol. The van der Waals surface area contributed by atoms with Gasteiger partial charge in [0.25, 0.3) is 0 Å². The summed E-state index contributed by atoms with van der Waals surface area (Å²) < 4.78 is 5.31. The summed E-state index contributed by atoms with van der Waals surface area (Å²) >= 11 is 3.25. The fourth-order valence-corrected chi connectivity index (χ4v) is 5.54. The van der Waals surface area contributed by atoms with Crippen LogP contribution in [-0.2, 0) is 14.3 Å². The highest BCUT2D eigenvalue weighted by molar-refractivity contribution is 7.10. The average molecular weight is 400 g/mol. The molecular weight excluding hydrogens is 378 g/mol. The van der Waals surface area contributed by atoms with Crippen molar-refractivity contribution in [2.24, 2.45) is 5.92 Å². The van der Waals surface area contributed by atoms with Crippen LogP contribution in [0.5, 0.6) is 0 Å². The highest BCUT2D eigenvalue weighted by Gasteiger charge is 2.45. The van der Waals surface area contributed by atoms with Gasteiger partial charge in [0.15, 0.2) is 0 Å². The summed E-state index contributed by atoms with van der Waals surface area (Å²) in [6.45, 7) is 4.00. The summed E-state index contributed by atoms with van der Waals surface area (Å²) in [5.41, 5.74) is 3.25. The van der Waals surface area contributed by atoms with Gasteiger partial charge in [0.2, 0.25) is 0 Å². The molecule has 1 N–H and O–H groups in total. The van der Waals surface area contributed by atoms with Gasteiger partial charge in [-0.05, 0) is 47.7 Å². The minimum absolute atomic E-state index is 0.0938. The van der Waals surface area contributed by atoms with E-state index in [0.717, 1.165) is 17.0 Å². The molecule has 1 aliphatic heterocycles. The smallest absolute Gasteiger partial charge is 0.336 e. The minimum atomic E-state index is -0.362. The molecule has 6 heteroatoms. The Morgan fingerprint density at radius 1 is 1.30 bits per heavy atom. The number of esters is 1. The molecule has 0 aromatic carbocycles. The van der Waals surface area contributed by atoms with Crippen LogP contribution < -0.4 is 5.32 Å². The van der Waals surface area contributed by atoms with Crippen LogP contribution in [0.25, 0.3) is 0 Å². The van der Waals surface area contributed by atoms with Gasteiger partial charge in [0.05, 0.1) is 18.1 Å². The van der Waals surface area contributed by atoms with E-state index in [9.17, 15) is 9.59 Å². The Hall–Kier alpha value is -2.18. The number of rotatable bonds is 4. The Kier molecular flexibility index (Phi) is 5.02. The van der Waals surface area contributed by atoms with E-state index >= 15 is 0 Å². The molecule has 27 heavy (non-hydrogen) atoms. The first-order valence-electron chi connectivity index (χ1n) is 9.05. The van der Waals surface area contributed by atoms with Crippen molar-refractivity contribution in [2.75, 3.05) is 6.61 Å². The zero-order valence-corrected chi connectivity index (χ0v) is 16.9. The first-order chi connectivity index (χ1) is 13.1. The molecule has 2 aromatic heterocycles. The van der Waals surface area contributed by atoms with Crippen molar-refractivity contribution in [1.29, 1.82) is 0 Å². The van der Waals surface area contributed by atoms with Crippen molar-refractivity contribution >= 4 is 34.4 Å². The molecule has 3 heterocycles. The van der Waals surface area contributed by atoms with Gasteiger partial charge in [-0.1, -0.05) is 12.1 Å². The van der Waals surface area contributed by atoms with Crippen molar-refractivity contribution in [3.05, 3.63) is 67.8 Å². The molecule has 4 rings (SSSR count). The lowest BCUT2D eigenvalue weighted by Gasteiger charge is -2.39. The summed E-state index contributed by atoms with van der Waals surface area (Å²) in [5, 5.41) is 9.40. The zero-order chi connectivity index (χ0) is 19.0. The maximum Gasteiger partial charge on any atom is 0.336 e. The maximum atomic E-state index is 13.2. The lowest BCUT2D eigenvalue weighted by molar-refractivity contribution is -0.139. The third-order valence-corrected chi connectivity index (χ3v) is 6.88. The van der Waals surface area contributed by atoms with Gasteiger partial charge in [-0.3, -0.25) is 4.79 Å². The SMILES string of the molecule is CCOC(=O)C1=C(C)NC2=CC(c3cccs3)CC(=O)C2C1c1ccsc1. The molecule has 1 aliphatic carbocycles.